The van der Waals surface area contributed by atoms with Gasteiger partial charge in [-0.25, -0.2) is 4.79 Å². The Balaban J connectivity index is 1.25. The molecule has 0 radical (unpaired) electrons. The number of nitrogens with two attached hydrogens (primary N) is 1. The van der Waals surface area contributed by atoms with E-state index < -0.39 is 39.5 Å². The Kier molecular flexibility index (Phi) is 13.6. The first-order valence-corrected chi connectivity index (χ1v) is 22.5. The summed E-state index contributed by atoms with van der Waals surface area (Å²) in [4.78, 5) is 47.1. The number of thioether (sulfide) groups is 3. The molecule has 10 nitrogen and oxygen atoms in total. The maximum Gasteiger partial charge on any atom is 0.343 e. The molecule has 0 amide bonds. The first kappa shape index (κ1) is 43.0. The second-order valence-electron chi connectivity index (χ2n) is 13.8. The van der Waals surface area contributed by atoms with Gasteiger partial charge in [-0.1, -0.05) is 91.6 Å². The van der Waals surface area contributed by atoms with E-state index in [1.165, 1.54) is 41.7 Å². The number of esters is 3. The number of unbranched alkanes of at least 4 members (excludes halogenated alkanes) is 1. The van der Waals surface area contributed by atoms with Crippen LogP contribution in [0.15, 0.2) is 77.8 Å². The lowest BCUT2D eigenvalue weighted by atomic mass is 9.77. The molecule has 3 unspecified atom stereocenters. The molecule has 2 N–H and O–H groups in total. The smallest absolute Gasteiger partial charge is 0.343 e. The van der Waals surface area contributed by atoms with Crippen LogP contribution < -0.4 is 29.0 Å². The van der Waals surface area contributed by atoms with Crippen LogP contribution >= 0.6 is 71.7 Å². The zero-order chi connectivity index (χ0) is 41.1. The number of hydrogen-bond donors (Lipinski definition) is 1. The van der Waals surface area contributed by atoms with Crippen molar-refractivity contribution < 1.29 is 33.3 Å². The second-order valence-corrected chi connectivity index (χ2v) is 20.6. The fourth-order valence-electron chi connectivity index (χ4n) is 6.54. The molecule has 0 fully saturated rings. The molecule has 4 aromatic rings. The molecule has 16 heteroatoms. The van der Waals surface area contributed by atoms with E-state index >= 15 is 0 Å². The molecular weight excluding hydrogens is 839 g/mol. The molecule has 0 aromatic heterocycles. The summed E-state index contributed by atoms with van der Waals surface area (Å²) in [5.41, 5.74) is 1.53. The molecule has 298 valence electrons. The molecule has 3 atom stereocenters. The van der Waals surface area contributed by atoms with Crippen LogP contribution in [0.1, 0.15) is 63.4 Å². The molecular formula is C41H41N3O7S6. The van der Waals surface area contributed by atoms with E-state index in [4.69, 9.17) is 53.5 Å². The van der Waals surface area contributed by atoms with Crippen LogP contribution in [0.2, 0.25) is 0 Å². The summed E-state index contributed by atoms with van der Waals surface area (Å²) >= 11 is 15.3. The summed E-state index contributed by atoms with van der Waals surface area (Å²) in [6.45, 7) is 9.70. The van der Waals surface area contributed by atoms with Gasteiger partial charge >= 0.3 is 17.9 Å². The van der Waals surface area contributed by atoms with E-state index in [0.29, 0.717) is 18.5 Å². The maximum atomic E-state index is 13.8. The standard InChI is InChI=1S/C41H41N3O7S6/c1-7-8-17-54-38(52)55-23(2)35(45)49-28-18-26(19-29(20-28)50-36(46)24(3)56-39(53)57-42)37(47)48-27-15-13-25-14-16-33-34(30(25)21-27)43-22-41(51-33)40(4,5)31-11-9-10-12-32(31)44(41)6/h9-16,18-24H,7-8,17,42H2,1-6H3. The number of likely N-dealkylation sites (N-methyl/N-ethyl adjacent to an activating group) is 1. The van der Waals surface area contributed by atoms with Gasteiger partial charge in [-0.3, -0.25) is 19.7 Å². The first-order chi connectivity index (χ1) is 27.2. The van der Waals surface area contributed by atoms with Gasteiger partial charge in [-0.15, -0.1) is 11.8 Å². The minimum absolute atomic E-state index is 0.0162. The Labute approximate surface area is 359 Å². The lowest BCUT2D eigenvalue weighted by Gasteiger charge is -2.45. The minimum Gasteiger partial charge on any atom is -0.459 e. The fourth-order valence-corrected chi connectivity index (χ4v) is 10.7. The number of carbonyl (C=O) groups is 3. The van der Waals surface area contributed by atoms with Crippen LogP contribution in [-0.2, 0) is 15.0 Å². The van der Waals surface area contributed by atoms with Crippen LogP contribution in [0.5, 0.6) is 23.0 Å². The van der Waals surface area contributed by atoms with E-state index in [1.807, 2.05) is 43.6 Å². The Morgan fingerprint density at radius 3 is 2.18 bits per heavy atom. The van der Waals surface area contributed by atoms with E-state index in [-0.39, 0.29) is 22.8 Å². The van der Waals surface area contributed by atoms with Crippen molar-refractivity contribution in [3.05, 3.63) is 83.9 Å². The van der Waals surface area contributed by atoms with Crippen molar-refractivity contribution >= 4 is 125 Å². The van der Waals surface area contributed by atoms with Gasteiger partial charge in [0.2, 0.25) is 5.72 Å². The van der Waals surface area contributed by atoms with Crippen molar-refractivity contribution in [2.75, 3.05) is 17.7 Å². The van der Waals surface area contributed by atoms with Crippen molar-refractivity contribution in [2.45, 2.75) is 69.1 Å². The molecule has 2 aliphatic heterocycles. The van der Waals surface area contributed by atoms with Crippen LogP contribution in [0.3, 0.4) is 0 Å². The van der Waals surface area contributed by atoms with Gasteiger partial charge in [-0.05, 0) is 99.2 Å². The number of aliphatic imine (C=N–C) groups is 1. The monoisotopic (exact) mass is 879 g/mol. The molecule has 2 heterocycles. The molecule has 4 aromatic carbocycles. The number of anilines is 1. The average molecular weight is 880 g/mol. The normalized spacial score (nSPS) is 17.3. The highest BCUT2D eigenvalue weighted by molar-refractivity contribution is 8.47. The van der Waals surface area contributed by atoms with E-state index in [9.17, 15) is 14.4 Å². The van der Waals surface area contributed by atoms with Crippen molar-refractivity contribution in [3.63, 3.8) is 0 Å². The Hall–Kier alpha value is -3.64. The lowest BCUT2D eigenvalue weighted by Crippen LogP contribution is -2.61. The predicted molar refractivity (Wildman–Crippen MR) is 244 cm³/mol. The van der Waals surface area contributed by atoms with Crippen molar-refractivity contribution in [2.24, 2.45) is 10.1 Å². The molecule has 0 saturated heterocycles. The number of nitrogens with zero attached hydrogens (tertiary/aromatic N) is 2. The average Bonchev–Trinajstić information content (AvgIpc) is 3.34. The van der Waals surface area contributed by atoms with E-state index in [0.717, 1.165) is 64.3 Å². The topological polar surface area (TPSA) is 130 Å². The van der Waals surface area contributed by atoms with Crippen LogP contribution in [0, 0.1) is 0 Å². The van der Waals surface area contributed by atoms with Crippen molar-refractivity contribution in [1.82, 2.24) is 0 Å². The SMILES string of the molecule is CCCCSC(=S)SC(C)C(=O)Oc1cc(OC(=O)C(C)SC(=S)SN)cc(C(=O)Oc2ccc3ccc4c(c3c2)N=CC2(O4)N(C)c3ccccc3C2(C)C)c1. The number of benzene rings is 4. The number of para-hydroxylation sites is 1. The highest BCUT2D eigenvalue weighted by Crippen LogP contribution is 2.54. The van der Waals surface area contributed by atoms with Gasteiger partial charge in [0, 0.05) is 24.2 Å². The van der Waals surface area contributed by atoms with Crippen LogP contribution in [0.25, 0.3) is 10.8 Å². The molecule has 0 aliphatic carbocycles. The van der Waals surface area contributed by atoms with Gasteiger partial charge in [0.25, 0.3) is 0 Å². The molecule has 1 spiro atoms. The summed E-state index contributed by atoms with van der Waals surface area (Å²) in [6.07, 6.45) is 3.90. The summed E-state index contributed by atoms with van der Waals surface area (Å²) in [5, 5.41) is 5.77. The van der Waals surface area contributed by atoms with Crippen molar-refractivity contribution in [1.29, 1.82) is 0 Å². The largest absolute Gasteiger partial charge is 0.459 e. The maximum absolute atomic E-state index is 13.8. The van der Waals surface area contributed by atoms with E-state index in [2.05, 4.69) is 37.8 Å². The van der Waals surface area contributed by atoms with Crippen LogP contribution in [0.4, 0.5) is 11.4 Å². The fraction of sp³-hybridized carbons (Fsp3) is 0.317. The predicted octanol–water partition coefficient (Wildman–Crippen LogP) is 10.0. The molecule has 57 heavy (non-hydrogen) atoms. The first-order valence-electron chi connectivity index (χ1n) is 18.0. The number of thiocarbonyl (C=S) groups is 2. The zero-order valence-corrected chi connectivity index (χ0v) is 37.0. The Bertz CT molecular complexity index is 2280. The molecule has 2 aliphatic rings. The summed E-state index contributed by atoms with van der Waals surface area (Å²) < 4.78 is 25.1. The third-order valence-corrected chi connectivity index (χ3v) is 14.5. The third kappa shape index (κ3) is 9.17. The van der Waals surface area contributed by atoms with Gasteiger partial charge in [0.05, 0.1) is 17.2 Å². The lowest BCUT2D eigenvalue weighted by molar-refractivity contribution is -0.133. The van der Waals surface area contributed by atoms with E-state index in [1.54, 1.807) is 26.0 Å². The summed E-state index contributed by atoms with van der Waals surface area (Å²) in [6, 6.07) is 21.4. The number of ether oxygens (including phenoxy) is 4. The van der Waals surface area contributed by atoms with Crippen LogP contribution in [-0.4, -0.2) is 60.2 Å². The summed E-state index contributed by atoms with van der Waals surface area (Å²) in [5.74, 6) is -0.365. The zero-order valence-electron chi connectivity index (χ0n) is 32.1. The number of hydrogen-bond acceptors (Lipinski definition) is 16. The van der Waals surface area contributed by atoms with Gasteiger partial charge < -0.3 is 23.8 Å². The highest BCUT2D eigenvalue weighted by Gasteiger charge is 2.58. The van der Waals surface area contributed by atoms with Crippen molar-refractivity contribution in [3.8, 4) is 23.0 Å². The quantitative estimate of drug-likeness (QED) is 0.0504. The molecule has 0 bridgehead atoms. The summed E-state index contributed by atoms with van der Waals surface area (Å²) in [7, 11) is 2.01. The number of carbonyl (C=O) groups excluding carboxylic acids is 3. The van der Waals surface area contributed by atoms with Gasteiger partial charge in [-0.2, -0.15) is 0 Å². The molecule has 6 rings (SSSR count). The molecule has 0 saturated carbocycles. The third-order valence-electron chi connectivity index (χ3n) is 9.68. The Morgan fingerprint density at radius 2 is 1.53 bits per heavy atom. The van der Waals surface area contributed by atoms with Gasteiger partial charge in [0.15, 0.2) is 0 Å². The van der Waals surface area contributed by atoms with Gasteiger partial charge in [0.1, 0.15) is 46.2 Å². The Morgan fingerprint density at radius 1 is 0.877 bits per heavy atom. The minimum atomic E-state index is -0.862. The number of fused-ring (bicyclic) bond motifs is 4. The second kappa shape index (κ2) is 18.1. The number of rotatable bonds is 11. The highest BCUT2D eigenvalue weighted by atomic mass is 32.2.